The smallest absolute Gasteiger partial charge is 0.263 e. The predicted octanol–water partition coefficient (Wildman–Crippen LogP) is 3.90. The molecule has 1 aliphatic carbocycles. The van der Waals surface area contributed by atoms with Crippen LogP contribution < -0.4 is 5.32 Å². The van der Waals surface area contributed by atoms with Crippen LogP contribution in [0.1, 0.15) is 76.4 Å². The van der Waals surface area contributed by atoms with Crippen molar-refractivity contribution in [3.8, 4) is 0 Å². The number of hydrogen-bond donors (Lipinski definition) is 2. The number of amides is 1. The van der Waals surface area contributed by atoms with Crippen molar-refractivity contribution in [2.24, 2.45) is 0 Å². The molecule has 2 N–H and O–H groups in total. The van der Waals surface area contributed by atoms with E-state index in [0.717, 1.165) is 60.6 Å². The largest absolute Gasteiger partial charge is 0.391 e. The Morgan fingerprint density at radius 3 is 2.89 bits per heavy atom. The third-order valence-corrected chi connectivity index (χ3v) is 6.08. The fourth-order valence-electron chi connectivity index (χ4n) is 3.36. The van der Waals surface area contributed by atoms with Crippen molar-refractivity contribution in [1.82, 2.24) is 15.5 Å². The Morgan fingerprint density at radius 1 is 1.37 bits per heavy atom. The minimum absolute atomic E-state index is 0.152. The van der Waals surface area contributed by atoms with E-state index < -0.39 is 6.10 Å². The number of aliphatic hydroxyl groups excluding tert-OH is 1. The standard InChI is InChI=1S/C20H27N3O3S/c1-4-5-7-15-14(13(3)26-23-15)10-11-18-21-12(2)19(27-18)20(25)22-16-8-6-9-17(16)24/h10-11,16-17,24H,4-9H2,1-3H3,(H,22,25)/b11-10+/t16-,17-/m1/s1. The zero-order valence-corrected chi connectivity index (χ0v) is 16.9. The molecule has 6 nitrogen and oxygen atoms in total. The molecule has 3 rings (SSSR count). The van der Waals surface area contributed by atoms with Gasteiger partial charge in [0.2, 0.25) is 0 Å². The maximum Gasteiger partial charge on any atom is 0.263 e. The Labute approximate surface area is 163 Å². The molecule has 1 saturated carbocycles. The highest BCUT2D eigenvalue weighted by Crippen LogP contribution is 2.24. The quantitative estimate of drug-likeness (QED) is 0.750. The summed E-state index contributed by atoms with van der Waals surface area (Å²) in [6.07, 6.45) is 9.02. The van der Waals surface area contributed by atoms with E-state index in [0.29, 0.717) is 10.6 Å². The van der Waals surface area contributed by atoms with Crippen LogP contribution in [-0.2, 0) is 6.42 Å². The van der Waals surface area contributed by atoms with Gasteiger partial charge in [-0.15, -0.1) is 11.3 Å². The molecule has 0 bridgehead atoms. The highest BCUT2D eigenvalue weighted by molar-refractivity contribution is 7.14. The summed E-state index contributed by atoms with van der Waals surface area (Å²) < 4.78 is 5.33. The van der Waals surface area contributed by atoms with E-state index in [1.54, 1.807) is 0 Å². The summed E-state index contributed by atoms with van der Waals surface area (Å²) in [6, 6.07) is -0.154. The van der Waals surface area contributed by atoms with Crippen LogP contribution in [0.5, 0.6) is 0 Å². The summed E-state index contributed by atoms with van der Waals surface area (Å²) in [5, 5.41) is 17.8. The summed E-state index contributed by atoms with van der Waals surface area (Å²) in [4.78, 5) is 17.6. The van der Waals surface area contributed by atoms with E-state index in [9.17, 15) is 9.90 Å². The molecular weight excluding hydrogens is 362 g/mol. The predicted molar refractivity (Wildman–Crippen MR) is 107 cm³/mol. The molecular formula is C20H27N3O3S. The van der Waals surface area contributed by atoms with Gasteiger partial charge in [0.15, 0.2) is 0 Å². The highest BCUT2D eigenvalue weighted by atomic mass is 32.1. The summed E-state index contributed by atoms with van der Waals surface area (Å²) >= 11 is 1.36. The molecule has 1 amide bonds. The van der Waals surface area contributed by atoms with Crippen LogP contribution in [0.15, 0.2) is 4.52 Å². The first-order chi connectivity index (χ1) is 13.0. The Kier molecular flexibility index (Phi) is 6.44. The minimum Gasteiger partial charge on any atom is -0.391 e. The van der Waals surface area contributed by atoms with Crippen LogP contribution in [-0.4, -0.2) is 33.3 Å². The summed E-state index contributed by atoms with van der Waals surface area (Å²) in [7, 11) is 0. The second kappa shape index (κ2) is 8.80. The molecule has 0 radical (unpaired) electrons. The molecule has 2 atom stereocenters. The zero-order chi connectivity index (χ0) is 19.4. The van der Waals surface area contributed by atoms with Gasteiger partial charge in [-0.05, 0) is 58.1 Å². The number of nitrogens with one attached hydrogen (secondary N) is 1. The lowest BCUT2D eigenvalue weighted by Crippen LogP contribution is -2.39. The number of aromatic nitrogens is 2. The average Bonchev–Trinajstić information content (AvgIpc) is 3.31. The van der Waals surface area contributed by atoms with Gasteiger partial charge in [0.1, 0.15) is 15.6 Å². The number of carbonyl (C=O) groups is 1. The molecule has 0 saturated heterocycles. The zero-order valence-electron chi connectivity index (χ0n) is 16.1. The molecule has 0 aliphatic heterocycles. The van der Waals surface area contributed by atoms with Gasteiger partial charge in [-0.2, -0.15) is 0 Å². The Hall–Kier alpha value is -1.99. The number of nitrogens with zero attached hydrogens (tertiary/aromatic N) is 2. The van der Waals surface area contributed by atoms with E-state index >= 15 is 0 Å². The van der Waals surface area contributed by atoms with Gasteiger partial charge in [-0.1, -0.05) is 18.5 Å². The Morgan fingerprint density at radius 2 is 2.19 bits per heavy atom. The summed E-state index contributed by atoms with van der Waals surface area (Å²) in [6.45, 7) is 5.89. The average molecular weight is 390 g/mol. The number of carbonyl (C=O) groups excluding carboxylic acids is 1. The van der Waals surface area contributed by atoms with Crippen LogP contribution in [0.25, 0.3) is 12.2 Å². The van der Waals surface area contributed by atoms with Gasteiger partial charge in [0, 0.05) is 5.56 Å². The minimum atomic E-state index is -0.445. The van der Waals surface area contributed by atoms with Crippen LogP contribution in [0, 0.1) is 13.8 Å². The maximum atomic E-state index is 12.5. The molecule has 1 fully saturated rings. The van der Waals surface area contributed by atoms with Crippen molar-refractivity contribution in [2.45, 2.75) is 71.4 Å². The van der Waals surface area contributed by atoms with Gasteiger partial charge in [-0.3, -0.25) is 4.79 Å². The lowest BCUT2D eigenvalue weighted by molar-refractivity contribution is 0.0876. The van der Waals surface area contributed by atoms with Crippen molar-refractivity contribution in [1.29, 1.82) is 0 Å². The molecule has 7 heteroatoms. The fourth-order valence-corrected chi connectivity index (χ4v) is 4.23. The number of rotatable bonds is 7. The first-order valence-corrected chi connectivity index (χ1v) is 10.4. The highest BCUT2D eigenvalue weighted by Gasteiger charge is 2.28. The van der Waals surface area contributed by atoms with Crippen molar-refractivity contribution >= 4 is 29.4 Å². The van der Waals surface area contributed by atoms with E-state index in [2.05, 4.69) is 22.4 Å². The number of aryl methyl sites for hydroxylation is 3. The molecule has 2 aromatic rings. The van der Waals surface area contributed by atoms with Gasteiger partial charge in [0.25, 0.3) is 5.91 Å². The molecule has 0 unspecified atom stereocenters. The third kappa shape index (κ3) is 4.65. The van der Waals surface area contributed by atoms with Gasteiger partial charge in [0.05, 0.1) is 23.5 Å². The molecule has 0 spiro atoms. The molecule has 0 aromatic carbocycles. The maximum absolute atomic E-state index is 12.5. The number of aliphatic hydroxyl groups is 1. The van der Waals surface area contributed by atoms with Crippen molar-refractivity contribution in [3.05, 3.63) is 32.6 Å². The number of hydrogen-bond acceptors (Lipinski definition) is 6. The lowest BCUT2D eigenvalue weighted by atomic mass is 10.1. The molecule has 2 heterocycles. The topological polar surface area (TPSA) is 88.2 Å². The monoisotopic (exact) mass is 389 g/mol. The first-order valence-electron chi connectivity index (χ1n) is 9.59. The van der Waals surface area contributed by atoms with Crippen LogP contribution in [0.3, 0.4) is 0 Å². The van der Waals surface area contributed by atoms with Gasteiger partial charge in [-0.25, -0.2) is 4.98 Å². The normalized spacial score (nSPS) is 19.9. The Balaban J connectivity index is 1.72. The van der Waals surface area contributed by atoms with E-state index in [1.165, 1.54) is 11.3 Å². The molecule has 146 valence electrons. The lowest BCUT2D eigenvalue weighted by Gasteiger charge is -2.15. The van der Waals surface area contributed by atoms with E-state index in [-0.39, 0.29) is 11.9 Å². The second-order valence-electron chi connectivity index (χ2n) is 7.08. The summed E-state index contributed by atoms with van der Waals surface area (Å²) in [5.74, 6) is 0.638. The van der Waals surface area contributed by atoms with Crippen LogP contribution in [0.4, 0.5) is 0 Å². The number of unbranched alkanes of at least 4 members (excludes halogenated alkanes) is 1. The van der Waals surface area contributed by atoms with Gasteiger partial charge < -0.3 is 14.9 Å². The van der Waals surface area contributed by atoms with Crippen molar-refractivity contribution < 1.29 is 14.4 Å². The summed E-state index contributed by atoms with van der Waals surface area (Å²) in [5.41, 5.74) is 2.67. The van der Waals surface area contributed by atoms with E-state index in [1.807, 2.05) is 26.0 Å². The van der Waals surface area contributed by atoms with Crippen molar-refractivity contribution in [3.63, 3.8) is 0 Å². The fraction of sp³-hybridized carbons (Fsp3) is 0.550. The SMILES string of the molecule is CCCCc1noc(C)c1/C=C/c1nc(C)c(C(=O)N[C@@H]2CCC[C@H]2O)s1. The van der Waals surface area contributed by atoms with Crippen LogP contribution >= 0.6 is 11.3 Å². The second-order valence-corrected chi connectivity index (χ2v) is 8.11. The number of thiazole rings is 1. The third-order valence-electron chi connectivity index (χ3n) is 4.96. The van der Waals surface area contributed by atoms with Crippen LogP contribution in [0.2, 0.25) is 0 Å². The molecule has 27 heavy (non-hydrogen) atoms. The first kappa shape index (κ1) is 19.8. The molecule has 1 aliphatic rings. The Bertz CT molecular complexity index is 825. The van der Waals surface area contributed by atoms with Gasteiger partial charge >= 0.3 is 0 Å². The van der Waals surface area contributed by atoms with Crippen molar-refractivity contribution in [2.75, 3.05) is 0 Å². The van der Waals surface area contributed by atoms with E-state index in [4.69, 9.17) is 4.52 Å². The molecule has 2 aromatic heterocycles.